The van der Waals surface area contributed by atoms with E-state index in [4.69, 9.17) is 9.84 Å². The first-order valence-electron chi connectivity index (χ1n) is 8.67. The van der Waals surface area contributed by atoms with Crippen LogP contribution in [0.25, 0.3) is 0 Å². The van der Waals surface area contributed by atoms with E-state index in [1.54, 1.807) is 0 Å². The highest BCUT2D eigenvalue weighted by molar-refractivity contribution is 5.70. The number of benzene rings is 1. The maximum absolute atomic E-state index is 11.0. The normalized spacial score (nSPS) is 32.8. The number of carbonyl (C=O) groups is 1. The van der Waals surface area contributed by atoms with E-state index in [0.29, 0.717) is 12.1 Å². The molecule has 0 saturated heterocycles. The van der Waals surface area contributed by atoms with E-state index in [2.05, 4.69) is 19.2 Å². The molecule has 4 nitrogen and oxygen atoms in total. The van der Waals surface area contributed by atoms with Gasteiger partial charge in [-0.3, -0.25) is 4.79 Å². The van der Waals surface area contributed by atoms with Crippen molar-refractivity contribution in [3.63, 3.8) is 0 Å². The van der Waals surface area contributed by atoms with E-state index in [1.807, 2.05) is 30.3 Å². The molecule has 3 rings (SSSR count). The van der Waals surface area contributed by atoms with Crippen LogP contribution in [0.15, 0.2) is 30.3 Å². The van der Waals surface area contributed by atoms with E-state index >= 15 is 0 Å². The lowest BCUT2D eigenvalue weighted by Gasteiger charge is -2.53. The molecule has 1 aromatic rings. The average Bonchev–Trinajstić information content (AvgIpc) is 2.55. The Hall–Kier alpha value is -1.55. The van der Waals surface area contributed by atoms with Crippen molar-refractivity contribution in [3.8, 4) is 5.75 Å². The molecule has 2 atom stereocenters. The first-order chi connectivity index (χ1) is 11.0. The first-order valence-corrected chi connectivity index (χ1v) is 8.67. The number of para-hydroxylation sites is 1. The van der Waals surface area contributed by atoms with Crippen LogP contribution in [-0.2, 0) is 4.79 Å². The lowest BCUT2D eigenvalue weighted by atomic mass is 9.64. The van der Waals surface area contributed by atoms with E-state index in [1.165, 1.54) is 0 Å². The highest BCUT2D eigenvalue weighted by Crippen LogP contribution is 2.44. The minimum atomic E-state index is -0.635. The Bertz CT molecular complexity index is 535. The standard InChI is InChI=1S/C19H27NO3/c1-19(2)16(12-17(19)23-15-6-4-3-5-7-15)20-14-10-8-13(9-11-14)18(21)22/h3-7,13-14,16-17,20H,8-12H2,1-2H3,(H,21,22)/t13?,14?,16-,17+/m0/s1. The van der Waals surface area contributed by atoms with Crippen LogP contribution in [0.2, 0.25) is 0 Å². The molecule has 126 valence electrons. The number of nitrogens with one attached hydrogen (secondary N) is 1. The van der Waals surface area contributed by atoms with Crippen LogP contribution in [0.5, 0.6) is 5.75 Å². The topological polar surface area (TPSA) is 58.6 Å². The number of rotatable bonds is 5. The van der Waals surface area contributed by atoms with E-state index in [-0.39, 0.29) is 17.4 Å². The van der Waals surface area contributed by atoms with Gasteiger partial charge in [-0.05, 0) is 37.8 Å². The lowest BCUT2D eigenvalue weighted by molar-refractivity contribution is -0.143. The molecule has 2 N–H and O–H groups in total. The molecule has 0 unspecified atom stereocenters. The fraction of sp³-hybridized carbons (Fsp3) is 0.632. The summed E-state index contributed by atoms with van der Waals surface area (Å²) in [6, 6.07) is 10.9. The molecule has 2 aliphatic carbocycles. The zero-order chi connectivity index (χ0) is 16.4. The van der Waals surface area contributed by atoms with Crippen molar-refractivity contribution in [3.05, 3.63) is 30.3 Å². The highest BCUT2D eigenvalue weighted by atomic mass is 16.5. The third-order valence-corrected chi connectivity index (χ3v) is 5.71. The summed E-state index contributed by atoms with van der Waals surface area (Å²) in [5.41, 5.74) is 0.0967. The van der Waals surface area contributed by atoms with Gasteiger partial charge in [0.25, 0.3) is 0 Å². The maximum atomic E-state index is 11.0. The largest absolute Gasteiger partial charge is 0.490 e. The Labute approximate surface area is 138 Å². The Balaban J connectivity index is 1.49. The molecule has 2 aliphatic rings. The van der Waals surface area contributed by atoms with Crippen molar-refractivity contribution in [1.29, 1.82) is 0 Å². The van der Waals surface area contributed by atoms with Crippen LogP contribution in [0.3, 0.4) is 0 Å². The quantitative estimate of drug-likeness (QED) is 0.873. The molecule has 2 fully saturated rings. The lowest BCUT2D eigenvalue weighted by Crippen LogP contribution is -2.64. The van der Waals surface area contributed by atoms with Gasteiger partial charge in [0, 0.05) is 23.9 Å². The van der Waals surface area contributed by atoms with Crippen LogP contribution in [0.4, 0.5) is 0 Å². The number of carboxylic acid groups (broad SMARTS) is 1. The predicted octanol–water partition coefficient (Wildman–Crippen LogP) is 3.47. The SMILES string of the molecule is CC1(C)[C@@H](NC2CCC(C(=O)O)CC2)C[C@H]1Oc1ccccc1. The molecule has 0 aromatic heterocycles. The predicted molar refractivity (Wildman–Crippen MR) is 89.6 cm³/mol. The Morgan fingerprint density at radius 3 is 2.39 bits per heavy atom. The summed E-state index contributed by atoms with van der Waals surface area (Å²) in [7, 11) is 0. The van der Waals surface area contributed by atoms with Crippen molar-refractivity contribution >= 4 is 5.97 Å². The summed E-state index contributed by atoms with van der Waals surface area (Å²) in [6.45, 7) is 4.51. The van der Waals surface area contributed by atoms with Crippen molar-refractivity contribution in [1.82, 2.24) is 5.32 Å². The van der Waals surface area contributed by atoms with Gasteiger partial charge in [0.05, 0.1) is 5.92 Å². The molecule has 0 bridgehead atoms. The van der Waals surface area contributed by atoms with Gasteiger partial charge in [-0.15, -0.1) is 0 Å². The monoisotopic (exact) mass is 317 g/mol. The summed E-state index contributed by atoms with van der Waals surface area (Å²) in [6.07, 6.45) is 4.77. The van der Waals surface area contributed by atoms with Gasteiger partial charge in [0.2, 0.25) is 0 Å². The molecule has 0 radical (unpaired) electrons. The van der Waals surface area contributed by atoms with Crippen LogP contribution in [0.1, 0.15) is 46.0 Å². The molecule has 23 heavy (non-hydrogen) atoms. The molecule has 0 heterocycles. The minimum absolute atomic E-state index is 0.0967. The van der Waals surface area contributed by atoms with Gasteiger partial charge in [-0.1, -0.05) is 32.0 Å². The summed E-state index contributed by atoms with van der Waals surface area (Å²) in [4.78, 5) is 11.0. The van der Waals surface area contributed by atoms with E-state index < -0.39 is 5.97 Å². The first kappa shape index (κ1) is 16.3. The second-order valence-corrected chi connectivity index (χ2v) is 7.58. The van der Waals surface area contributed by atoms with Gasteiger partial charge in [0.15, 0.2) is 0 Å². The number of hydrogen-bond acceptors (Lipinski definition) is 3. The summed E-state index contributed by atoms with van der Waals surface area (Å²) in [5, 5.41) is 12.8. The molecular weight excluding hydrogens is 290 g/mol. The van der Waals surface area contributed by atoms with Gasteiger partial charge in [-0.2, -0.15) is 0 Å². The second-order valence-electron chi connectivity index (χ2n) is 7.58. The van der Waals surface area contributed by atoms with Crippen LogP contribution >= 0.6 is 0 Å². The smallest absolute Gasteiger partial charge is 0.306 e. The van der Waals surface area contributed by atoms with Gasteiger partial charge in [0.1, 0.15) is 11.9 Å². The molecule has 0 aliphatic heterocycles. The number of aliphatic carboxylic acids is 1. The van der Waals surface area contributed by atoms with Gasteiger partial charge >= 0.3 is 5.97 Å². The van der Waals surface area contributed by atoms with Crippen molar-refractivity contribution in [2.24, 2.45) is 11.3 Å². The fourth-order valence-electron chi connectivity index (χ4n) is 3.82. The molecule has 4 heteroatoms. The average molecular weight is 317 g/mol. The van der Waals surface area contributed by atoms with Crippen molar-refractivity contribution in [2.45, 2.75) is 64.1 Å². The summed E-state index contributed by atoms with van der Waals surface area (Å²) < 4.78 is 6.12. The Kier molecular flexibility index (Phi) is 4.62. The molecule has 0 spiro atoms. The Morgan fingerprint density at radius 2 is 1.83 bits per heavy atom. The van der Waals surface area contributed by atoms with Crippen molar-refractivity contribution < 1.29 is 14.6 Å². The highest BCUT2D eigenvalue weighted by Gasteiger charge is 2.50. The Morgan fingerprint density at radius 1 is 1.17 bits per heavy atom. The van der Waals surface area contributed by atoms with Crippen LogP contribution in [-0.4, -0.2) is 29.3 Å². The minimum Gasteiger partial charge on any atom is -0.490 e. The van der Waals surface area contributed by atoms with Crippen LogP contribution < -0.4 is 10.1 Å². The van der Waals surface area contributed by atoms with Crippen molar-refractivity contribution in [2.75, 3.05) is 0 Å². The third-order valence-electron chi connectivity index (χ3n) is 5.71. The van der Waals surface area contributed by atoms with Gasteiger partial charge < -0.3 is 15.2 Å². The van der Waals surface area contributed by atoms with Crippen LogP contribution in [0, 0.1) is 11.3 Å². The molecule has 1 aromatic carbocycles. The molecule has 0 amide bonds. The molecule has 2 saturated carbocycles. The number of ether oxygens (including phenoxy) is 1. The summed E-state index contributed by atoms with van der Waals surface area (Å²) in [5.74, 6) is 0.159. The summed E-state index contributed by atoms with van der Waals surface area (Å²) >= 11 is 0. The zero-order valence-corrected chi connectivity index (χ0v) is 14.0. The number of carboxylic acids is 1. The van der Waals surface area contributed by atoms with Gasteiger partial charge in [-0.25, -0.2) is 0 Å². The van der Waals surface area contributed by atoms with E-state index in [0.717, 1.165) is 37.9 Å². The third kappa shape index (κ3) is 3.52. The van der Waals surface area contributed by atoms with E-state index in [9.17, 15) is 4.79 Å². The second kappa shape index (κ2) is 6.52. The number of hydrogen-bond donors (Lipinski definition) is 2. The maximum Gasteiger partial charge on any atom is 0.306 e. The zero-order valence-electron chi connectivity index (χ0n) is 14.0. The molecular formula is C19H27NO3. The fourth-order valence-corrected chi connectivity index (χ4v) is 3.82.